The normalized spacial score (nSPS) is 20.4. The Balaban J connectivity index is 2.12. The van der Waals surface area contributed by atoms with Crippen molar-refractivity contribution in [1.29, 1.82) is 0 Å². The molecule has 1 N–H and O–H groups in total. The quantitative estimate of drug-likeness (QED) is 0.782. The number of likely N-dealkylation sites (tertiary alicyclic amines) is 1. The van der Waals surface area contributed by atoms with Crippen molar-refractivity contribution in [3.63, 3.8) is 0 Å². The van der Waals surface area contributed by atoms with Crippen molar-refractivity contribution in [2.75, 3.05) is 0 Å². The third-order valence-corrected chi connectivity index (χ3v) is 2.72. The Bertz CT molecular complexity index is 427. The number of carboxylic acid groups (broad SMARTS) is 1. The number of hydrogen-bond acceptors (Lipinski definition) is 3. The molecule has 1 aliphatic heterocycles. The van der Waals surface area contributed by atoms with Crippen LogP contribution in [0.4, 0.5) is 0 Å². The average Bonchev–Trinajstić information content (AvgIpc) is 2.76. The predicted molar refractivity (Wildman–Crippen MR) is 54.4 cm³/mol. The van der Waals surface area contributed by atoms with Crippen molar-refractivity contribution >= 4 is 11.9 Å². The molecule has 6 nitrogen and oxygen atoms in total. The van der Waals surface area contributed by atoms with Gasteiger partial charge in [-0.1, -0.05) is 0 Å². The van der Waals surface area contributed by atoms with Gasteiger partial charge < -0.3 is 10.0 Å². The van der Waals surface area contributed by atoms with Crippen LogP contribution in [-0.2, 0) is 23.2 Å². The first kappa shape index (κ1) is 10.7. The smallest absolute Gasteiger partial charge is 0.326 e. The lowest BCUT2D eigenvalue weighted by Gasteiger charge is -2.20. The highest BCUT2D eigenvalue weighted by Gasteiger charge is 2.35. The summed E-state index contributed by atoms with van der Waals surface area (Å²) in [7, 11) is 1.78. The van der Waals surface area contributed by atoms with Crippen molar-refractivity contribution in [1.82, 2.24) is 14.7 Å². The van der Waals surface area contributed by atoms with Crippen molar-refractivity contribution < 1.29 is 14.7 Å². The molecule has 86 valence electrons. The second kappa shape index (κ2) is 3.96. The fourth-order valence-electron chi connectivity index (χ4n) is 1.94. The topological polar surface area (TPSA) is 75.4 Å². The molecular weight excluding hydrogens is 210 g/mol. The predicted octanol–water partition coefficient (Wildman–Crippen LogP) is -0.00430. The van der Waals surface area contributed by atoms with Crippen LogP contribution in [0.25, 0.3) is 0 Å². The molecule has 1 atom stereocenters. The number of aromatic nitrogens is 2. The second-order valence-electron chi connectivity index (χ2n) is 3.94. The largest absolute Gasteiger partial charge is 0.480 e. The molecule has 1 fully saturated rings. The summed E-state index contributed by atoms with van der Waals surface area (Å²) in [6, 6.07) is -0.687. The third-order valence-electron chi connectivity index (χ3n) is 2.72. The molecule has 6 heteroatoms. The van der Waals surface area contributed by atoms with Crippen LogP contribution in [0.15, 0.2) is 12.4 Å². The summed E-state index contributed by atoms with van der Waals surface area (Å²) < 4.78 is 1.63. The van der Waals surface area contributed by atoms with Crippen molar-refractivity contribution in [3.05, 3.63) is 18.0 Å². The SMILES string of the molecule is Cn1cc(CN2C(=O)CCC2C(=O)O)cn1. The van der Waals surface area contributed by atoms with E-state index < -0.39 is 12.0 Å². The summed E-state index contributed by atoms with van der Waals surface area (Å²) in [5.41, 5.74) is 0.851. The zero-order valence-electron chi connectivity index (χ0n) is 8.96. The van der Waals surface area contributed by atoms with E-state index in [0.717, 1.165) is 5.56 Å². The van der Waals surface area contributed by atoms with Gasteiger partial charge in [0.25, 0.3) is 0 Å². The summed E-state index contributed by atoms with van der Waals surface area (Å²) in [5, 5.41) is 13.0. The van der Waals surface area contributed by atoms with Crippen LogP contribution in [0.1, 0.15) is 18.4 Å². The molecule has 0 bridgehead atoms. The highest BCUT2D eigenvalue weighted by atomic mass is 16.4. The summed E-state index contributed by atoms with van der Waals surface area (Å²) in [6.07, 6.45) is 4.14. The zero-order valence-corrected chi connectivity index (χ0v) is 8.96. The van der Waals surface area contributed by atoms with Crippen LogP contribution in [0.2, 0.25) is 0 Å². The Kier molecular flexibility index (Phi) is 2.64. The second-order valence-corrected chi connectivity index (χ2v) is 3.94. The lowest BCUT2D eigenvalue weighted by molar-refractivity contribution is -0.146. The molecule has 1 saturated heterocycles. The maximum Gasteiger partial charge on any atom is 0.326 e. The maximum absolute atomic E-state index is 11.5. The number of aryl methyl sites for hydroxylation is 1. The van der Waals surface area contributed by atoms with Gasteiger partial charge in [0.2, 0.25) is 5.91 Å². The number of aliphatic carboxylic acids is 1. The summed E-state index contributed by atoms with van der Waals surface area (Å²) in [6.45, 7) is 0.323. The van der Waals surface area contributed by atoms with E-state index >= 15 is 0 Å². The van der Waals surface area contributed by atoms with Crippen LogP contribution in [0.5, 0.6) is 0 Å². The molecule has 1 unspecified atom stereocenters. The molecule has 1 aromatic rings. The van der Waals surface area contributed by atoms with E-state index in [4.69, 9.17) is 5.11 Å². The van der Waals surface area contributed by atoms with Crippen LogP contribution < -0.4 is 0 Å². The van der Waals surface area contributed by atoms with E-state index in [9.17, 15) is 9.59 Å². The number of carbonyl (C=O) groups excluding carboxylic acids is 1. The van der Waals surface area contributed by atoms with E-state index in [1.807, 2.05) is 0 Å². The molecule has 0 aliphatic carbocycles. The van der Waals surface area contributed by atoms with E-state index in [1.165, 1.54) is 4.90 Å². The first-order valence-corrected chi connectivity index (χ1v) is 5.07. The maximum atomic E-state index is 11.5. The van der Waals surface area contributed by atoms with Gasteiger partial charge in [0, 0.05) is 31.8 Å². The van der Waals surface area contributed by atoms with Crippen LogP contribution in [-0.4, -0.2) is 37.7 Å². The minimum atomic E-state index is -0.935. The van der Waals surface area contributed by atoms with Gasteiger partial charge in [0.15, 0.2) is 0 Å². The van der Waals surface area contributed by atoms with Gasteiger partial charge in [-0.15, -0.1) is 0 Å². The van der Waals surface area contributed by atoms with E-state index in [-0.39, 0.29) is 5.91 Å². The van der Waals surface area contributed by atoms with Gasteiger partial charge in [-0.05, 0) is 6.42 Å². The highest BCUT2D eigenvalue weighted by Crippen LogP contribution is 2.21. The highest BCUT2D eigenvalue weighted by molar-refractivity contribution is 5.87. The lowest BCUT2D eigenvalue weighted by Crippen LogP contribution is -2.37. The monoisotopic (exact) mass is 223 g/mol. The Morgan fingerprint density at radius 3 is 3.00 bits per heavy atom. The van der Waals surface area contributed by atoms with Crippen LogP contribution in [0, 0.1) is 0 Å². The number of carboxylic acids is 1. The van der Waals surface area contributed by atoms with Gasteiger partial charge in [-0.3, -0.25) is 9.48 Å². The lowest BCUT2D eigenvalue weighted by atomic mass is 10.2. The summed E-state index contributed by atoms with van der Waals surface area (Å²) in [5.74, 6) is -1.04. The molecule has 0 radical (unpaired) electrons. The molecule has 0 spiro atoms. The molecule has 1 amide bonds. The molecule has 1 aliphatic rings. The van der Waals surface area contributed by atoms with Crippen LogP contribution in [0.3, 0.4) is 0 Å². The van der Waals surface area contributed by atoms with Crippen molar-refractivity contribution in [3.8, 4) is 0 Å². The minimum Gasteiger partial charge on any atom is -0.480 e. The number of rotatable bonds is 3. The first-order valence-electron chi connectivity index (χ1n) is 5.07. The molecule has 2 heterocycles. The summed E-state index contributed by atoms with van der Waals surface area (Å²) in [4.78, 5) is 23.9. The zero-order chi connectivity index (χ0) is 11.7. The van der Waals surface area contributed by atoms with Gasteiger partial charge in [0.05, 0.1) is 6.20 Å². The third kappa shape index (κ3) is 1.91. The standard InChI is InChI=1S/C10H13N3O3/c1-12-5-7(4-11-12)6-13-8(10(15)16)2-3-9(13)14/h4-5,8H,2-3,6H2,1H3,(H,15,16). The molecule has 16 heavy (non-hydrogen) atoms. The summed E-state index contributed by atoms with van der Waals surface area (Å²) >= 11 is 0. The molecule has 0 aromatic carbocycles. The molecule has 2 rings (SSSR count). The number of nitrogens with zero attached hydrogens (tertiary/aromatic N) is 3. The van der Waals surface area contributed by atoms with Gasteiger partial charge in [-0.25, -0.2) is 4.79 Å². The Morgan fingerprint density at radius 2 is 2.44 bits per heavy atom. The van der Waals surface area contributed by atoms with Gasteiger partial charge in [-0.2, -0.15) is 5.10 Å². The molecular formula is C10H13N3O3. The molecule has 0 saturated carbocycles. The van der Waals surface area contributed by atoms with E-state index in [0.29, 0.717) is 19.4 Å². The van der Waals surface area contributed by atoms with E-state index in [1.54, 1.807) is 24.1 Å². The number of hydrogen-bond donors (Lipinski definition) is 1. The van der Waals surface area contributed by atoms with Crippen molar-refractivity contribution in [2.45, 2.75) is 25.4 Å². The van der Waals surface area contributed by atoms with Crippen molar-refractivity contribution in [2.24, 2.45) is 7.05 Å². The Hall–Kier alpha value is -1.85. The van der Waals surface area contributed by atoms with Gasteiger partial charge >= 0.3 is 5.97 Å². The number of carbonyl (C=O) groups is 2. The molecule has 1 aromatic heterocycles. The van der Waals surface area contributed by atoms with E-state index in [2.05, 4.69) is 5.10 Å². The van der Waals surface area contributed by atoms with Gasteiger partial charge in [0.1, 0.15) is 6.04 Å². The first-order chi connectivity index (χ1) is 7.58. The Morgan fingerprint density at radius 1 is 1.69 bits per heavy atom. The van der Waals surface area contributed by atoms with Crippen LogP contribution >= 0.6 is 0 Å². The Labute approximate surface area is 92.5 Å². The number of amides is 1. The minimum absolute atomic E-state index is 0.101. The average molecular weight is 223 g/mol. The fraction of sp³-hybridized carbons (Fsp3) is 0.500. The fourth-order valence-corrected chi connectivity index (χ4v) is 1.94.